The largest absolute Gasteiger partial charge is 0.375 e. The Kier molecular flexibility index (Phi) is 4.01. The fourth-order valence-electron chi connectivity index (χ4n) is 2.07. The maximum atomic E-state index is 5.56. The van der Waals surface area contributed by atoms with E-state index in [1.165, 1.54) is 12.8 Å². The van der Waals surface area contributed by atoms with Gasteiger partial charge in [0.15, 0.2) is 5.82 Å². The summed E-state index contributed by atoms with van der Waals surface area (Å²) in [6.07, 6.45) is 3.68. The lowest BCUT2D eigenvalue weighted by molar-refractivity contribution is -0.00136. The summed E-state index contributed by atoms with van der Waals surface area (Å²) in [5, 5.41) is 7.37. The molecule has 2 fully saturated rings. The highest BCUT2D eigenvalue weighted by atomic mass is 35.5. The summed E-state index contributed by atoms with van der Waals surface area (Å²) in [6, 6.07) is 0.0502. The minimum Gasteiger partial charge on any atom is -0.375 e. The molecule has 0 unspecified atom stereocenters. The minimum absolute atomic E-state index is 0. The molecule has 1 aromatic heterocycles. The van der Waals surface area contributed by atoms with Crippen LogP contribution < -0.4 is 5.32 Å². The molecule has 0 spiro atoms. The van der Waals surface area contributed by atoms with E-state index in [2.05, 4.69) is 15.5 Å². The molecule has 0 aromatic carbocycles. The molecule has 1 aromatic rings. The number of halogens is 1. The topological polar surface area (TPSA) is 60.2 Å². The standard InChI is InChI=1S/C11H17N3O2.ClH/c1-7-10(12-4-5-15-7)11-13-9(14-16-11)6-8-2-3-8;/h7-8,10,12H,2-6H2,1H3;1H/t7-,10+;/m1./s1. The summed E-state index contributed by atoms with van der Waals surface area (Å²) >= 11 is 0. The zero-order valence-corrected chi connectivity index (χ0v) is 10.7. The second kappa shape index (κ2) is 5.33. The Morgan fingerprint density at radius 3 is 2.94 bits per heavy atom. The first kappa shape index (κ1) is 12.8. The predicted molar refractivity (Wildman–Crippen MR) is 64.1 cm³/mol. The SMILES string of the molecule is C[C@H]1OCCN[C@@H]1c1nc(CC2CC2)no1.Cl. The molecule has 1 saturated carbocycles. The first-order chi connectivity index (χ1) is 7.83. The number of nitrogens with zero attached hydrogens (tertiary/aromatic N) is 2. The number of aromatic nitrogens is 2. The Hall–Kier alpha value is -0.650. The number of hydrogen-bond acceptors (Lipinski definition) is 5. The average molecular weight is 260 g/mol. The van der Waals surface area contributed by atoms with Gasteiger partial charge >= 0.3 is 0 Å². The molecule has 0 bridgehead atoms. The van der Waals surface area contributed by atoms with Gasteiger partial charge in [0.25, 0.3) is 0 Å². The van der Waals surface area contributed by atoms with Gasteiger partial charge in [-0.2, -0.15) is 4.98 Å². The van der Waals surface area contributed by atoms with Crippen molar-refractivity contribution in [2.45, 2.75) is 38.3 Å². The van der Waals surface area contributed by atoms with Crippen molar-refractivity contribution in [2.75, 3.05) is 13.2 Å². The molecule has 1 aliphatic heterocycles. The van der Waals surface area contributed by atoms with Crippen LogP contribution in [-0.2, 0) is 11.2 Å². The predicted octanol–water partition coefficient (Wildman–Crippen LogP) is 1.49. The maximum absolute atomic E-state index is 5.56. The van der Waals surface area contributed by atoms with Crippen molar-refractivity contribution >= 4 is 12.4 Å². The molecule has 2 aliphatic rings. The fraction of sp³-hybridized carbons (Fsp3) is 0.818. The summed E-state index contributed by atoms with van der Waals surface area (Å²) in [6.45, 7) is 3.62. The van der Waals surface area contributed by atoms with Gasteiger partial charge in [-0.1, -0.05) is 5.16 Å². The lowest BCUT2D eigenvalue weighted by Gasteiger charge is -2.27. The summed E-state index contributed by atoms with van der Waals surface area (Å²) in [5.74, 6) is 2.30. The average Bonchev–Trinajstić information content (AvgIpc) is 2.97. The highest BCUT2D eigenvalue weighted by molar-refractivity contribution is 5.85. The lowest BCUT2D eigenvalue weighted by atomic mass is 10.1. The fourth-order valence-corrected chi connectivity index (χ4v) is 2.07. The molecule has 2 heterocycles. The van der Waals surface area contributed by atoms with Crippen molar-refractivity contribution in [3.8, 4) is 0 Å². The second-order valence-electron chi connectivity index (χ2n) is 4.70. The summed E-state index contributed by atoms with van der Waals surface area (Å²) < 4.78 is 10.9. The number of hydrogen-bond donors (Lipinski definition) is 1. The molecule has 1 N–H and O–H groups in total. The van der Waals surface area contributed by atoms with E-state index in [0.717, 1.165) is 31.3 Å². The first-order valence-electron chi connectivity index (χ1n) is 6.00. The van der Waals surface area contributed by atoms with Crippen molar-refractivity contribution in [2.24, 2.45) is 5.92 Å². The van der Waals surface area contributed by atoms with Crippen LogP contribution in [0, 0.1) is 5.92 Å². The van der Waals surface area contributed by atoms with Crippen LogP contribution >= 0.6 is 12.4 Å². The summed E-state index contributed by atoms with van der Waals surface area (Å²) in [4.78, 5) is 4.44. The number of ether oxygens (including phenoxy) is 1. The van der Waals surface area contributed by atoms with Gasteiger partial charge in [0, 0.05) is 13.0 Å². The van der Waals surface area contributed by atoms with Crippen molar-refractivity contribution in [3.63, 3.8) is 0 Å². The van der Waals surface area contributed by atoms with Crippen LogP contribution in [0.15, 0.2) is 4.52 Å². The van der Waals surface area contributed by atoms with Crippen LogP contribution in [-0.4, -0.2) is 29.4 Å². The van der Waals surface area contributed by atoms with Crippen molar-refractivity contribution < 1.29 is 9.26 Å². The third kappa shape index (κ3) is 2.97. The molecule has 0 radical (unpaired) electrons. The number of nitrogens with one attached hydrogen (secondary N) is 1. The number of rotatable bonds is 3. The van der Waals surface area contributed by atoms with E-state index >= 15 is 0 Å². The zero-order valence-electron chi connectivity index (χ0n) is 9.89. The normalized spacial score (nSPS) is 28.8. The molecule has 5 nitrogen and oxygen atoms in total. The Labute approximate surface area is 107 Å². The van der Waals surface area contributed by atoms with Gasteiger partial charge in [-0.25, -0.2) is 0 Å². The van der Waals surface area contributed by atoms with Gasteiger partial charge in [-0.3, -0.25) is 0 Å². The van der Waals surface area contributed by atoms with Crippen LogP contribution in [0.25, 0.3) is 0 Å². The maximum Gasteiger partial charge on any atom is 0.246 e. The highest BCUT2D eigenvalue weighted by Crippen LogP contribution is 2.32. The van der Waals surface area contributed by atoms with Crippen molar-refractivity contribution in [1.82, 2.24) is 15.5 Å². The second-order valence-corrected chi connectivity index (χ2v) is 4.70. The molecular weight excluding hydrogens is 242 g/mol. The van der Waals surface area contributed by atoms with Gasteiger partial charge in [0.1, 0.15) is 6.04 Å². The van der Waals surface area contributed by atoms with E-state index in [1.54, 1.807) is 0 Å². The van der Waals surface area contributed by atoms with Gasteiger partial charge in [-0.15, -0.1) is 12.4 Å². The van der Waals surface area contributed by atoms with Gasteiger partial charge in [-0.05, 0) is 25.7 Å². The van der Waals surface area contributed by atoms with E-state index < -0.39 is 0 Å². The van der Waals surface area contributed by atoms with Gasteiger partial charge in [0.2, 0.25) is 5.89 Å². The molecular formula is C11H18ClN3O2. The Balaban J connectivity index is 0.00000108. The number of morpholine rings is 1. The quantitative estimate of drug-likeness (QED) is 0.891. The van der Waals surface area contributed by atoms with Gasteiger partial charge < -0.3 is 14.6 Å². The third-order valence-corrected chi connectivity index (χ3v) is 3.23. The molecule has 2 atom stereocenters. The van der Waals surface area contributed by atoms with Crippen LogP contribution in [0.3, 0.4) is 0 Å². The molecule has 1 aliphatic carbocycles. The van der Waals surface area contributed by atoms with E-state index in [-0.39, 0.29) is 24.6 Å². The molecule has 96 valence electrons. The smallest absolute Gasteiger partial charge is 0.246 e. The molecule has 6 heteroatoms. The lowest BCUT2D eigenvalue weighted by Crippen LogP contribution is -2.40. The van der Waals surface area contributed by atoms with Crippen LogP contribution in [0.5, 0.6) is 0 Å². The van der Waals surface area contributed by atoms with Crippen LogP contribution in [0.2, 0.25) is 0 Å². The molecule has 3 rings (SSSR count). The Bertz CT molecular complexity index is 367. The molecule has 1 saturated heterocycles. The molecule has 0 amide bonds. The van der Waals surface area contributed by atoms with E-state index in [4.69, 9.17) is 9.26 Å². The monoisotopic (exact) mass is 259 g/mol. The van der Waals surface area contributed by atoms with Crippen LogP contribution in [0.4, 0.5) is 0 Å². The highest BCUT2D eigenvalue weighted by Gasteiger charge is 2.29. The van der Waals surface area contributed by atoms with Crippen molar-refractivity contribution in [3.05, 3.63) is 11.7 Å². The first-order valence-corrected chi connectivity index (χ1v) is 6.00. The van der Waals surface area contributed by atoms with E-state index in [9.17, 15) is 0 Å². The van der Waals surface area contributed by atoms with E-state index in [1.807, 2.05) is 6.92 Å². The van der Waals surface area contributed by atoms with Gasteiger partial charge in [0.05, 0.1) is 12.7 Å². The molecule has 17 heavy (non-hydrogen) atoms. The zero-order chi connectivity index (χ0) is 11.0. The summed E-state index contributed by atoms with van der Waals surface area (Å²) in [7, 11) is 0. The van der Waals surface area contributed by atoms with E-state index in [0.29, 0.717) is 5.89 Å². The Morgan fingerprint density at radius 1 is 1.41 bits per heavy atom. The third-order valence-electron chi connectivity index (χ3n) is 3.23. The Morgan fingerprint density at radius 2 is 2.24 bits per heavy atom. The van der Waals surface area contributed by atoms with Crippen molar-refractivity contribution in [1.29, 1.82) is 0 Å². The van der Waals surface area contributed by atoms with Crippen LogP contribution in [0.1, 0.15) is 37.5 Å². The minimum atomic E-state index is 0. The summed E-state index contributed by atoms with van der Waals surface area (Å²) in [5.41, 5.74) is 0.